The van der Waals surface area contributed by atoms with Crippen molar-refractivity contribution >= 4 is 17.5 Å². The fourth-order valence-corrected chi connectivity index (χ4v) is 2.83. The lowest BCUT2D eigenvalue weighted by molar-refractivity contribution is -0.135. The molecule has 0 radical (unpaired) electrons. The van der Waals surface area contributed by atoms with Crippen LogP contribution in [0, 0.1) is 0 Å². The Morgan fingerprint density at radius 2 is 2.47 bits per heavy atom. The van der Waals surface area contributed by atoms with E-state index in [9.17, 15) is 9.90 Å². The molecule has 17 heavy (non-hydrogen) atoms. The summed E-state index contributed by atoms with van der Waals surface area (Å²) in [6.45, 7) is 3.75. The van der Waals surface area contributed by atoms with Crippen LogP contribution in [0.2, 0.25) is 0 Å². The third-order valence-corrected chi connectivity index (χ3v) is 4.22. The number of alkyl halides is 1. The molecule has 2 rings (SSSR count). The van der Waals surface area contributed by atoms with Crippen LogP contribution in [-0.4, -0.2) is 52.7 Å². The first kappa shape index (κ1) is 13.1. The van der Waals surface area contributed by atoms with Crippen molar-refractivity contribution in [2.75, 3.05) is 19.7 Å². The summed E-state index contributed by atoms with van der Waals surface area (Å²) in [5, 5.41) is 9.27. The van der Waals surface area contributed by atoms with Gasteiger partial charge in [0.1, 0.15) is 5.38 Å². The van der Waals surface area contributed by atoms with Gasteiger partial charge >= 0.3 is 0 Å². The maximum atomic E-state index is 12.0. The van der Waals surface area contributed by atoms with Crippen molar-refractivity contribution in [1.82, 2.24) is 4.90 Å². The molecule has 4 nitrogen and oxygen atoms in total. The Kier molecular flexibility index (Phi) is 3.95. The van der Waals surface area contributed by atoms with Gasteiger partial charge in [0.2, 0.25) is 5.91 Å². The maximum Gasteiger partial charge on any atom is 0.240 e. The molecule has 0 aromatic rings. The predicted octanol–water partition coefficient (Wildman–Crippen LogP) is 1.15. The van der Waals surface area contributed by atoms with E-state index < -0.39 is 5.38 Å². The number of hydrogen-bond donors (Lipinski definition) is 1. The summed E-state index contributed by atoms with van der Waals surface area (Å²) in [5.74, 6) is -0.00490. The minimum atomic E-state index is -0.432. The fourth-order valence-electron chi connectivity index (χ4n) is 2.69. The van der Waals surface area contributed by atoms with E-state index >= 15 is 0 Å². The number of hydrogen-bond acceptors (Lipinski definition) is 3. The van der Waals surface area contributed by atoms with Gasteiger partial charge in [-0.05, 0) is 19.3 Å². The Morgan fingerprint density at radius 1 is 1.71 bits per heavy atom. The van der Waals surface area contributed by atoms with Crippen molar-refractivity contribution in [1.29, 1.82) is 0 Å². The standard InChI is InChI=1S/C12H20ClNO3/c1-2-10(13)11(16)14-5-4-12(8-14)7-9(15)3-6-17-12/h9-10,15H,2-8H2,1H3/t9-,10+,12+/m1/s1. The van der Waals surface area contributed by atoms with Gasteiger partial charge in [-0.15, -0.1) is 11.6 Å². The Bertz CT molecular complexity index is 299. The number of aliphatic hydroxyl groups is 1. The molecular weight excluding hydrogens is 242 g/mol. The number of carbonyl (C=O) groups excluding carboxylic acids is 1. The highest BCUT2D eigenvalue weighted by atomic mass is 35.5. The molecule has 2 heterocycles. The average molecular weight is 262 g/mol. The molecule has 1 N–H and O–H groups in total. The molecule has 2 saturated heterocycles. The van der Waals surface area contributed by atoms with E-state index in [1.165, 1.54) is 0 Å². The normalized spacial score (nSPS) is 35.2. The molecule has 2 aliphatic heterocycles. The molecule has 2 fully saturated rings. The highest BCUT2D eigenvalue weighted by molar-refractivity contribution is 6.30. The van der Waals surface area contributed by atoms with Crippen LogP contribution in [0.25, 0.3) is 0 Å². The van der Waals surface area contributed by atoms with Crippen LogP contribution in [0.15, 0.2) is 0 Å². The van der Waals surface area contributed by atoms with E-state index in [1.807, 2.05) is 6.92 Å². The van der Waals surface area contributed by atoms with Crippen molar-refractivity contribution < 1.29 is 14.6 Å². The van der Waals surface area contributed by atoms with Crippen molar-refractivity contribution in [3.63, 3.8) is 0 Å². The number of nitrogens with zero attached hydrogens (tertiary/aromatic N) is 1. The number of halogens is 1. The van der Waals surface area contributed by atoms with Crippen molar-refractivity contribution in [2.24, 2.45) is 0 Å². The van der Waals surface area contributed by atoms with Gasteiger partial charge < -0.3 is 14.7 Å². The number of ether oxygens (including phenoxy) is 1. The zero-order valence-corrected chi connectivity index (χ0v) is 10.9. The third-order valence-electron chi connectivity index (χ3n) is 3.72. The number of amides is 1. The van der Waals surface area contributed by atoms with Gasteiger partial charge in [0.25, 0.3) is 0 Å². The van der Waals surface area contributed by atoms with E-state index in [2.05, 4.69) is 0 Å². The second kappa shape index (κ2) is 5.12. The Labute approximate surface area is 107 Å². The Hall–Kier alpha value is -0.320. The number of aliphatic hydroxyl groups excluding tert-OH is 1. The van der Waals surface area contributed by atoms with Gasteiger partial charge in [-0.2, -0.15) is 0 Å². The van der Waals surface area contributed by atoms with E-state index in [4.69, 9.17) is 16.3 Å². The largest absolute Gasteiger partial charge is 0.393 e. The van der Waals surface area contributed by atoms with E-state index in [-0.39, 0.29) is 17.6 Å². The minimum Gasteiger partial charge on any atom is -0.393 e. The van der Waals surface area contributed by atoms with Crippen LogP contribution in [0.4, 0.5) is 0 Å². The first-order chi connectivity index (χ1) is 8.06. The first-order valence-corrected chi connectivity index (χ1v) is 6.75. The van der Waals surface area contributed by atoms with Crippen molar-refractivity contribution in [3.8, 4) is 0 Å². The number of carbonyl (C=O) groups is 1. The minimum absolute atomic E-state index is 0.00490. The van der Waals surface area contributed by atoms with Crippen molar-refractivity contribution in [2.45, 2.75) is 49.7 Å². The third kappa shape index (κ3) is 2.75. The zero-order chi connectivity index (χ0) is 12.5. The topological polar surface area (TPSA) is 49.8 Å². The van der Waals surface area contributed by atoms with Gasteiger partial charge in [-0.25, -0.2) is 0 Å². The predicted molar refractivity (Wildman–Crippen MR) is 65.1 cm³/mol. The van der Waals surface area contributed by atoms with Crippen LogP contribution < -0.4 is 0 Å². The van der Waals surface area contributed by atoms with Gasteiger partial charge in [-0.1, -0.05) is 6.92 Å². The van der Waals surface area contributed by atoms with E-state index in [0.717, 1.165) is 6.42 Å². The summed E-state index contributed by atoms with van der Waals surface area (Å²) >= 11 is 5.97. The molecule has 0 aromatic heterocycles. The molecule has 0 bridgehead atoms. The molecule has 1 spiro atoms. The molecule has 0 saturated carbocycles. The second-order valence-corrected chi connectivity index (χ2v) is 5.59. The van der Waals surface area contributed by atoms with E-state index in [1.54, 1.807) is 4.90 Å². The van der Waals surface area contributed by atoms with Crippen LogP contribution in [0.1, 0.15) is 32.6 Å². The molecule has 98 valence electrons. The van der Waals surface area contributed by atoms with Gasteiger partial charge in [0.05, 0.1) is 11.7 Å². The highest BCUT2D eigenvalue weighted by Gasteiger charge is 2.44. The summed E-state index contributed by atoms with van der Waals surface area (Å²) < 4.78 is 5.79. The van der Waals surface area contributed by atoms with Gasteiger partial charge in [-0.3, -0.25) is 4.79 Å². The number of likely N-dealkylation sites (tertiary alicyclic amines) is 1. The molecule has 0 aromatic carbocycles. The first-order valence-electron chi connectivity index (χ1n) is 6.31. The summed E-state index contributed by atoms with van der Waals surface area (Å²) in [4.78, 5) is 13.7. The summed E-state index contributed by atoms with van der Waals surface area (Å²) in [7, 11) is 0. The monoisotopic (exact) mass is 261 g/mol. The lowest BCUT2D eigenvalue weighted by atomic mass is 9.91. The van der Waals surface area contributed by atoms with Crippen LogP contribution >= 0.6 is 11.6 Å². The smallest absolute Gasteiger partial charge is 0.240 e. The Balaban J connectivity index is 1.96. The molecule has 3 atom stereocenters. The summed E-state index contributed by atoms with van der Waals surface area (Å²) in [5.41, 5.74) is -0.322. The number of rotatable bonds is 2. The molecule has 0 unspecified atom stereocenters. The van der Waals surface area contributed by atoms with Gasteiger partial charge in [0, 0.05) is 26.1 Å². The zero-order valence-electron chi connectivity index (χ0n) is 10.2. The summed E-state index contributed by atoms with van der Waals surface area (Å²) in [6.07, 6.45) is 2.49. The van der Waals surface area contributed by atoms with Crippen molar-refractivity contribution in [3.05, 3.63) is 0 Å². The quantitative estimate of drug-likeness (QED) is 0.759. The maximum absolute atomic E-state index is 12.0. The highest BCUT2D eigenvalue weighted by Crippen LogP contribution is 2.34. The molecule has 2 aliphatic rings. The molecule has 5 heteroatoms. The van der Waals surface area contributed by atoms with Crippen LogP contribution in [0.3, 0.4) is 0 Å². The van der Waals surface area contributed by atoms with Gasteiger partial charge in [0.15, 0.2) is 0 Å². The molecular formula is C12H20ClNO3. The lowest BCUT2D eigenvalue weighted by Gasteiger charge is -2.36. The SMILES string of the molecule is CC[C@H](Cl)C(=O)N1CC[C@]2(C[C@H](O)CCO2)C1. The average Bonchev–Trinajstić information content (AvgIpc) is 2.70. The fraction of sp³-hybridized carbons (Fsp3) is 0.917. The molecule has 0 aliphatic carbocycles. The Morgan fingerprint density at radius 3 is 3.12 bits per heavy atom. The second-order valence-electron chi connectivity index (χ2n) is 5.06. The summed E-state index contributed by atoms with van der Waals surface area (Å²) in [6, 6.07) is 0. The van der Waals surface area contributed by atoms with Crippen LogP contribution in [0.5, 0.6) is 0 Å². The van der Waals surface area contributed by atoms with E-state index in [0.29, 0.717) is 39.0 Å². The molecule has 1 amide bonds. The lowest BCUT2D eigenvalue weighted by Crippen LogP contribution is -2.45. The van der Waals surface area contributed by atoms with Crippen LogP contribution in [-0.2, 0) is 9.53 Å².